The molecule has 0 spiro atoms. The van der Waals surface area contributed by atoms with Gasteiger partial charge in [0, 0.05) is 12.1 Å². The Hall–Kier alpha value is -2.62. The van der Waals surface area contributed by atoms with E-state index in [1.54, 1.807) is 18.2 Å². The van der Waals surface area contributed by atoms with Crippen molar-refractivity contribution >= 4 is 23.4 Å². The first-order valence-corrected chi connectivity index (χ1v) is 8.67. The fourth-order valence-corrected chi connectivity index (χ4v) is 3.27. The zero-order valence-corrected chi connectivity index (χ0v) is 15.1. The molecule has 7 heteroatoms. The van der Waals surface area contributed by atoms with Gasteiger partial charge in [0.2, 0.25) is 0 Å². The van der Waals surface area contributed by atoms with Crippen molar-refractivity contribution < 1.29 is 0 Å². The zero-order valence-electron chi connectivity index (χ0n) is 13.5. The Bertz CT molecular complexity index is 974. The molecule has 2 heterocycles. The number of nitrogens with zero attached hydrogens (tertiary/aromatic N) is 5. The summed E-state index contributed by atoms with van der Waals surface area (Å²) in [6, 6.07) is 13.5. The Balaban J connectivity index is 2.00. The zero-order chi connectivity index (χ0) is 17.8. The van der Waals surface area contributed by atoms with E-state index in [9.17, 15) is 0 Å². The highest BCUT2D eigenvalue weighted by atomic mass is 35.5. The van der Waals surface area contributed by atoms with E-state index in [0.29, 0.717) is 21.7 Å². The molecular formula is C18H14ClN5S. The maximum atomic E-state index is 9.07. The molecule has 0 fully saturated rings. The lowest BCUT2D eigenvalue weighted by atomic mass is 10.1. The van der Waals surface area contributed by atoms with E-state index in [4.69, 9.17) is 16.9 Å². The maximum Gasteiger partial charge on any atom is 0.198 e. The molecule has 0 aliphatic rings. The molecule has 0 radical (unpaired) electrons. The third kappa shape index (κ3) is 3.73. The molecule has 0 bridgehead atoms. The van der Waals surface area contributed by atoms with Gasteiger partial charge in [0.15, 0.2) is 16.7 Å². The van der Waals surface area contributed by atoms with Crippen molar-refractivity contribution in [1.29, 1.82) is 5.26 Å². The lowest BCUT2D eigenvalue weighted by molar-refractivity contribution is 0.730. The van der Waals surface area contributed by atoms with E-state index in [0.717, 1.165) is 17.0 Å². The predicted molar refractivity (Wildman–Crippen MR) is 98.5 cm³/mol. The molecule has 3 aromatic rings. The Kier molecular flexibility index (Phi) is 5.17. The molecule has 0 aliphatic heterocycles. The molecule has 1 aromatic carbocycles. The van der Waals surface area contributed by atoms with Gasteiger partial charge in [0.25, 0.3) is 0 Å². The van der Waals surface area contributed by atoms with Crippen LogP contribution >= 0.6 is 23.4 Å². The van der Waals surface area contributed by atoms with Crippen molar-refractivity contribution in [2.24, 2.45) is 0 Å². The number of nitriles is 1. The molecule has 3 rings (SSSR count). The lowest BCUT2D eigenvalue weighted by Gasteiger charge is -2.08. The van der Waals surface area contributed by atoms with Gasteiger partial charge >= 0.3 is 0 Å². The second-order valence-corrected chi connectivity index (χ2v) is 6.66. The molecule has 124 valence electrons. The monoisotopic (exact) mass is 367 g/mol. The molecule has 0 atom stereocenters. The normalized spacial score (nSPS) is 10.4. The summed E-state index contributed by atoms with van der Waals surface area (Å²) >= 11 is 7.27. The second-order valence-electron chi connectivity index (χ2n) is 5.27. The van der Waals surface area contributed by atoms with Crippen LogP contribution in [0.3, 0.4) is 0 Å². The predicted octanol–water partition coefficient (Wildman–Crippen LogP) is 4.51. The first-order chi connectivity index (χ1) is 12.1. The van der Waals surface area contributed by atoms with Gasteiger partial charge in [0.1, 0.15) is 11.1 Å². The van der Waals surface area contributed by atoms with E-state index in [-0.39, 0.29) is 5.69 Å². The van der Waals surface area contributed by atoms with Crippen LogP contribution in [0.5, 0.6) is 0 Å². The van der Waals surface area contributed by atoms with Crippen molar-refractivity contribution in [3.63, 3.8) is 0 Å². The van der Waals surface area contributed by atoms with Crippen LogP contribution in [-0.4, -0.2) is 19.7 Å². The van der Waals surface area contributed by atoms with Gasteiger partial charge in [-0.15, -0.1) is 16.8 Å². The smallest absolute Gasteiger partial charge is 0.198 e. The fraction of sp³-hybridized carbons (Fsp3) is 0.111. The van der Waals surface area contributed by atoms with Crippen LogP contribution in [0.2, 0.25) is 5.02 Å². The Morgan fingerprint density at radius 3 is 2.88 bits per heavy atom. The lowest BCUT2D eigenvalue weighted by Crippen LogP contribution is -2.01. The van der Waals surface area contributed by atoms with Crippen LogP contribution in [0.25, 0.3) is 11.4 Å². The third-order valence-electron chi connectivity index (χ3n) is 3.43. The molecule has 0 unspecified atom stereocenters. The first kappa shape index (κ1) is 17.2. The highest BCUT2D eigenvalue weighted by Gasteiger charge is 2.15. The second kappa shape index (κ2) is 7.51. The van der Waals surface area contributed by atoms with Gasteiger partial charge < -0.3 is 0 Å². The van der Waals surface area contributed by atoms with Gasteiger partial charge in [-0.2, -0.15) is 5.26 Å². The summed E-state index contributed by atoms with van der Waals surface area (Å²) < 4.78 is 1.97. The van der Waals surface area contributed by atoms with Crippen LogP contribution in [0, 0.1) is 18.3 Å². The number of hydrogen-bond donors (Lipinski definition) is 0. The van der Waals surface area contributed by atoms with Crippen molar-refractivity contribution in [1.82, 2.24) is 19.7 Å². The van der Waals surface area contributed by atoms with Crippen LogP contribution in [0.15, 0.2) is 59.2 Å². The minimum atomic E-state index is 0.195. The van der Waals surface area contributed by atoms with Crippen molar-refractivity contribution in [3.05, 3.63) is 65.3 Å². The average molecular weight is 368 g/mol. The van der Waals surface area contributed by atoms with Crippen LogP contribution < -0.4 is 0 Å². The number of halogens is 1. The highest BCUT2D eigenvalue weighted by molar-refractivity contribution is 7.99. The van der Waals surface area contributed by atoms with Crippen molar-refractivity contribution in [3.8, 4) is 17.5 Å². The van der Waals surface area contributed by atoms with Crippen molar-refractivity contribution in [2.75, 3.05) is 0 Å². The standard InChI is InChI=1S/C18H14ClN5S/c1-3-9-24-17(13-6-4-5-12(2)10-13)22-23-18(24)25-16-8-7-14(19)15(11-20)21-16/h3-8,10H,1,9H2,2H3. The summed E-state index contributed by atoms with van der Waals surface area (Å²) in [4.78, 5) is 4.25. The van der Waals surface area contributed by atoms with E-state index in [2.05, 4.69) is 27.8 Å². The third-order valence-corrected chi connectivity index (χ3v) is 4.65. The Morgan fingerprint density at radius 2 is 2.16 bits per heavy atom. The van der Waals surface area contributed by atoms with E-state index >= 15 is 0 Å². The largest absolute Gasteiger partial charge is 0.298 e. The molecule has 0 saturated heterocycles. The van der Waals surface area contributed by atoms with E-state index in [1.807, 2.05) is 35.8 Å². The maximum absolute atomic E-state index is 9.07. The van der Waals surface area contributed by atoms with Gasteiger partial charge in [0.05, 0.1) is 5.02 Å². The molecule has 0 N–H and O–H groups in total. The minimum Gasteiger partial charge on any atom is -0.298 e. The summed E-state index contributed by atoms with van der Waals surface area (Å²) in [5.74, 6) is 0.764. The van der Waals surface area contributed by atoms with Crippen LogP contribution in [-0.2, 0) is 6.54 Å². The van der Waals surface area contributed by atoms with Gasteiger partial charge in [-0.1, -0.05) is 41.4 Å². The molecule has 25 heavy (non-hydrogen) atoms. The fourth-order valence-electron chi connectivity index (χ4n) is 2.31. The molecule has 0 saturated carbocycles. The SMILES string of the molecule is C=CCn1c(Sc2ccc(Cl)c(C#N)n2)nnc1-c1cccc(C)c1. The molecule has 5 nitrogen and oxygen atoms in total. The minimum absolute atomic E-state index is 0.195. The average Bonchev–Trinajstić information content (AvgIpc) is 2.99. The number of allylic oxidation sites excluding steroid dienone is 1. The van der Waals surface area contributed by atoms with Gasteiger partial charge in [-0.05, 0) is 36.9 Å². The number of rotatable bonds is 5. The quantitative estimate of drug-likeness (QED) is 0.620. The Labute approximate surface area is 155 Å². The topological polar surface area (TPSA) is 67.4 Å². The summed E-state index contributed by atoms with van der Waals surface area (Å²) in [5, 5.41) is 19.3. The summed E-state index contributed by atoms with van der Waals surface area (Å²) in [5.41, 5.74) is 2.33. The van der Waals surface area contributed by atoms with Crippen molar-refractivity contribution in [2.45, 2.75) is 23.7 Å². The van der Waals surface area contributed by atoms with Gasteiger partial charge in [-0.25, -0.2) is 4.98 Å². The number of hydrogen-bond acceptors (Lipinski definition) is 5. The molecule has 2 aromatic heterocycles. The molecular weight excluding hydrogens is 354 g/mol. The summed E-state index contributed by atoms with van der Waals surface area (Å²) in [6.45, 7) is 6.42. The summed E-state index contributed by atoms with van der Waals surface area (Å²) in [6.07, 6.45) is 1.79. The Morgan fingerprint density at radius 1 is 1.32 bits per heavy atom. The molecule has 0 aliphatic carbocycles. The molecule has 0 amide bonds. The summed E-state index contributed by atoms with van der Waals surface area (Å²) in [7, 11) is 0. The van der Waals surface area contributed by atoms with E-state index in [1.165, 1.54) is 11.8 Å². The van der Waals surface area contributed by atoms with Crippen LogP contribution in [0.4, 0.5) is 0 Å². The number of aryl methyl sites for hydroxylation is 1. The van der Waals surface area contributed by atoms with E-state index < -0.39 is 0 Å². The number of pyridine rings is 1. The number of benzene rings is 1. The van der Waals surface area contributed by atoms with Crippen LogP contribution in [0.1, 0.15) is 11.3 Å². The first-order valence-electron chi connectivity index (χ1n) is 7.48. The number of aromatic nitrogens is 4. The van der Waals surface area contributed by atoms with Gasteiger partial charge in [-0.3, -0.25) is 4.57 Å². The highest BCUT2D eigenvalue weighted by Crippen LogP contribution is 2.30.